The average molecular weight is 530 g/mol. The number of ether oxygens (including phenoxy) is 1. The molecule has 0 bridgehead atoms. The third-order valence-electron chi connectivity index (χ3n) is 9.24. The zero-order valence-electron chi connectivity index (χ0n) is 24.7. The van der Waals surface area contributed by atoms with Gasteiger partial charge in [0.25, 0.3) is 0 Å². The Labute approximate surface area is 228 Å². The predicted molar refractivity (Wildman–Crippen MR) is 146 cm³/mol. The van der Waals surface area contributed by atoms with Gasteiger partial charge in [0.05, 0.1) is 30.1 Å². The molecule has 0 radical (unpaired) electrons. The number of nitrogens with zero attached hydrogens (tertiary/aromatic N) is 3. The van der Waals surface area contributed by atoms with E-state index in [4.69, 9.17) is 4.74 Å². The summed E-state index contributed by atoms with van der Waals surface area (Å²) in [6.45, 7) is 17.0. The maximum absolute atomic E-state index is 14.7. The van der Waals surface area contributed by atoms with E-state index in [0.717, 1.165) is 12.8 Å². The summed E-state index contributed by atoms with van der Waals surface area (Å²) in [5, 5.41) is 10.6. The van der Waals surface area contributed by atoms with E-state index >= 15 is 0 Å². The molecule has 0 saturated carbocycles. The van der Waals surface area contributed by atoms with Gasteiger partial charge in [-0.2, -0.15) is 0 Å². The molecule has 0 aromatic heterocycles. The number of fused-ring (bicyclic) bond motifs is 2. The second kappa shape index (κ2) is 9.47. The molecule has 8 heteroatoms. The normalized spacial score (nSPS) is 35.2. The van der Waals surface area contributed by atoms with Gasteiger partial charge in [-0.3, -0.25) is 14.4 Å². The van der Waals surface area contributed by atoms with Gasteiger partial charge < -0.3 is 24.5 Å². The molecule has 7 atom stereocenters. The number of aliphatic hydroxyl groups is 1. The van der Waals surface area contributed by atoms with Crippen LogP contribution in [0.25, 0.3) is 0 Å². The van der Waals surface area contributed by atoms with Crippen molar-refractivity contribution in [1.82, 2.24) is 14.7 Å². The SMILES string of the molecule is CC[C@H](C)[C@H](CO)N1C(=O)[C@@H]2[C@@H]3C(=O)N(C)CC=C[C@]3(C)O[C@@]23C=CCN(C(C)(C)CC(C)(C)C)C(=O)C13. The fraction of sp³-hybridized carbons (Fsp3) is 0.767. The van der Waals surface area contributed by atoms with Gasteiger partial charge in [0.1, 0.15) is 11.6 Å². The van der Waals surface area contributed by atoms with Crippen LogP contribution in [0.3, 0.4) is 0 Å². The Balaban J connectivity index is 1.91. The van der Waals surface area contributed by atoms with E-state index in [1.165, 1.54) is 0 Å². The molecular formula is C30H47N3O5. The van der Waals surface area contributed by atoms with Crippen LogP contribution >= 0.6 is 0 Å². The molecular weight excluding hydrogens is 482 g/mol. The topological polar surface area (TPSA) is 90.4 Å². The Morgan fingerprint density at radius 1 is 1.03 bits per heavy atom. The van der Waals surface area contributed by atoms with E-state index in [-0.39, 0.29) is 35.7 Å². The van der Waals surface area contributed by atoms with Crippen LogP contribution in [0.1, 0.15) is 68.2 Å². The molecule has 1 spiro atoms. The Hall–Kier alpha value is -2.19. The standard InChI is InChI=1S/C30H47N3O5/c1-10-19(2)20(17-34)33-23-26(37)32(28(6,7)18-27(3,4)5)16-12-14-30(23)22(25(33)36)21-24(35)31(9)15-11-13-29(21,8)38-30/h11-14,19-23,34H,10,15-18H2,1-9H3/t19-,20-,21+,22-,23?,29-,30-/m0/s1. The number of carbonyl (C=O) groups excluding carboxylic acids is 3. The van der Waals surface area contributed by atoms with Crippen LogP contribution in [-0.4, -0.2) is 93.1 Å². The van der Waals surface area contributed by atoms with Crippen LogP contribution in [0.4, 0.5) is 0 Å². The van der Waals surface area contributed by atoms with Crippen molar-refractivity contribution in [3.05, 3.63) is 24.3 Å². The summed E-state index contributed by atoms with van der Waals surface area (Å²) in [4.78, 5) is 48.1. The first-order valence-electron chi connectivity index (χ1n) is 14.1. The first-order chi connectivity index (χ1) is 17.5. The lowest BCUT2D eigenvalue weighted by atomic mass is 9.74. The molecule has 0 aromatic rings. The van der Waals surface area contributed by atoms with Crippen molar-refractivity contribution < 1.29 is 24.2 Å². The van der Waals surface area contributed by atoms with Gasteiger partial charge in [-0.05, 0) is 38.5 Å². The van der Waals surface area contributed by atoms with Gasteiger partial charge in [0, 0.05) is 25.7 Å². The zero-order valence-corrected chi connectivity index (χ0v) is 24.7. The van der Waals surface area contributed by atoms with Crippen LogP contribution in [-0.2, 0) is 19.1 Å². The highest BCUT2D eigenvalue weighted by atomic mass is 16.5. The van der Waals surface area contributed by atoms with Crippen LogP contribution in [0.5, 0.6) is 0 Å². The van der Waals surface area contributed by atoms with Crippen molar-refractivity contribution in [2.24, 2.45) is 23.2 Å². The molecule has 8 nitrogen and oxygen atoms in total. The van der Waals surface area contributed by atoms with Gasteiger partial charge in [-0.1, -0.05) is 65.3 Å². The summed E-state index contributed by atoms with van der Waals surface area (Å²) in [7, 11) is 1.73. The third kappa shape index (κ3) is 4.32. The van der Waals surface area contributed by atoms with Crippen LogP contribution in [0.15, 0.2) is 24.3 Å². The Morgan fingerprint density at radius 3 is 2.24 bits per heavy atom. The molecule has 1 unspecified atom stereocenters. The van der Waals surface area contributed by atoms with Crippen molar-refractivity contribution in [1.29, 1.82) is 0 Å². The molecule has 3 amide bonds. The summed E-state index contributed by atoms with van der Waals surface area (Å²) in [6, 6.07) is -1.54. The fourth-order valence-corrected chi connectivity index (χ4v) is 7.69. The largest absolute Gasteiger partial charge is 0.394 e. The van der Waals surface area contributed by atoms with Crippen molar-refractivity contribution >= 4 is 17.7 Å². The Kier molecular flexibility index (Phi) is 7.18. The molecule has 0 aromatic carbocycles. The molecule has 4 aliphatic rings. The highest BCUT2D eigenvalue weighted by Crippen LogP contribution is 2.58. The summed E-state index contributed by atoms with van der Waals surface area (Å²) >= 11 is 0. The minimum Gasteiger partial charge on any atom is -0.394 e. The number of aliphatic hydroxyl groups excluding tert-OH is 1. The van der Waals surface area contributed by atoms with Crippen molar-refractivity contribution in [3.63, 3.8) is 0 Å². The van der Waals surface area contributed by atoms with Gasteiger partial charge in [0.2, 0.25) is 17.7 Å². The van der Waals surface area contributed by atoms with Crippen LogP contribution < -0.4 is 0 Å². The molecule has 4 aliphatic heterocycles. The molecule has 0 aliphatic carbocycles. The number of amides is 3. The van der Waals surface area contributed by atoms with Crippen LogP contribution in [0, 0.1) is 23.2 Å². The van der Waals surface area contributed by atoms with Crippen molar-refractivity contribution in [2.45, 2.75) is 97.1 Å². The lowest BCUT2D eigenvalue weighted by molar-refractivity contribution is -0.160. The van der Waals surface area contributed by atoms with E-state index in [1.54, 1.807) is 16.8 Å². The number of rotatable bonds is 6. The lowest BCUT2D eigenvalue weighted by Gasteiger charge is -2.46. The average Bonchev–Trinajstić information content (AvgIpc) is 3.07. The number of likely N-dealkylation sites (N-methyl/N-ethyl adjacent to an activating group) is 1. The summed E-state index contributed by atoms with van der Waals surface area (Å²) < 4.78 is 6.88. The molecule has 4 rings (SSSR count). The number of likely N-dealkylation sites (tertiary alicyclic amines) is 1. The van der Waals surface area contributed by atoms with E-state index in [0.29, 0.717) is 13.1 Å². The second-order valence-corrected chi connectivity index (χ2v) is 13.9. The third-order valence-corrected chi connectivity index (χ3v) is 9.24. The molecule has 2 fully saturated rings. The first kappa shape index (κ1) is 28.8. The monoisotopic (exact) mass is 529 g/mol. The number of hydrogen-bond acceptors (Lipinski definition) is 5. The van der Waals surface area contributed by atoms with Crippen LogP contribution in [0.2, 0.25) is 0 Å². The Bertz CT molecular complexity index is 1040. The summed E-state index contributed by atoms with van der Waals surface area (Å²) in [5.41, 5.74) is -2.86. The second-order valence-electron chi connectivity index (χ2n) is 13.9. The molecule has 38 heavy (non-hydrogen) atoms. The highest BCUT2D eigenvalue weighted by Gasteiger charge is 2.75. The Morgan fingerprint density at radius 2 is 1.66 bits per heavy atom. The van der Waals surface area contributed by atoms with E-state index < -0.39 is 40.7 Å². The minimum absolute atomic E-state index is 0.0259. The van der Waals surface area contributed by atoms with Gasteiger partial charge in [-0.25, -0.2) is 0 Å². The van der Waals surface area contributed by atoms with Gasteiger partial charge in [0.15, 0.2) is 0 Å². The van der Waals surface area contributed by atoms with E-state index in [2.05, 4.69) is 34.6 Å². The number of hydrogen-bond donors (Lipinski definition) is 1. The maximum Gasteiger partial charge on any atom is 0.249 e. The first-order valence-corrected chi connectivity index (χ1v) is 14.1. The molecule has 4 heterocycles. The molecule has 1 N–H and O–H groups in total. The lowest BCUT2D eigenvalue weighted by Crippen LogP contribution is -2.62. The summed E-state index contributed by atoms with van der Waals surface area (Å²) in [5.74, 6) is -2.31. The quantitative estimate of drug-likeness (QED) is 0.535. The van der Waals surface area contributed by atoms with E-state index in [1.807, 2.05) is 50.0 Å². The fourth-order valence-electron chi connectivity index (χ4n) is 7.69. The smallest absolute Gasteiger partial charge is 0.249 e. The minimum atomic E-state index is -1.31. The van der Waals surface area contributed by atoms with Crippen molar-refractivity contribution in [2.75, 3.05) is 26.7 Å². The molecule has 212 valence electrons. The zero-order chi connectivity index (χ0) is 28.4. The van der Waals surface area contributed by atoms with Gasteiger partial charge in [-0.15, -0.1) is 0 Å². The summed E-state index contributed by atoms with van der Waals surface area (Å²) in [6.07, 6.45) is 9.12. The van der Waals surface area contributed by atoms with Crippen molar-refractivity contribution in [3.8, 4) is 0 Å². The maximum atomic E-state index is 14.7. The highest BCUT2D eigenvalue weighted by molar-refractivity contribution is 6.00. The number of carbonyl (C=O) groups is 3. The predicted octanol–water partition coefficient (Wildman–Crippen LogP) is 3.01. The van der Waals surface area contributed by atoms with E-state index in [9.17, 15) is 19.5 Å². The van der Waals surface area contributed by atoms with Gasteiger partial charge >= 0.3 is 0 Å². The molecule has 2 saturated heterocycles.